The maximum Gasteiger partial charge on any atom is 0.287 e. The van der Waals surface area contributed by atoms with Crippen molar-refractivity contribution < 1.29 is 4.74 Å². The summed E-state index contributed by atoms with van der Waals surface area (Å²) >= 11 is 6.11. The van der Waals surface area contributed by atoms with Crippen LogP contribution in [-0.2, 0) is 11.3 Å². The van der Waals surface area contributed by atoms with E-state index < -0.39 is 0 Å². The van der Waals surface area contributed by atoms with E-state index >= 15 is 0 Å². The Hall–Kier alpha value is -1.07. The van der Waals surface area contributed by atoms with E-state index in [1.165, 1.54) is 4.68 Å². The molecule has 20 heavy (non-hydrogen) atoms. The third kappa shape index (κ3) is 5.13. The second kappa shape index (κ2) is 8.27. The lowest BCUT2D eigenvalue weighted by Crippen LogP contribution is -2.27. The summed E-state index contributed by atoms with van der Waals surface area (Å²) in [5.74, 6) is 0.662. The van der Waals surface area contributed by atoms with Gasteiger partial charge in [-0.2, -0.15) is 5.10 Å². The largest absolute Gasteiger partial charge is 0.383 e. The van der Waals surface area contributed by atoms with Crippen LogP contribution in [0.4, 0.5) is 5.69 Å². The van der Waals surface area contributed by atoms with E-state index in [0.29, 0.717) is 24.8 Å². The van der Waals surface area contributed by atoms with Crippen molar-refractivity contribution in [3.8, 4) is 0 Å². The van der Waals surface area contributed by atoms with Crippen LogP contribution in [0.5, 0.6) is 0 Å². The number of rotatable bonds is 8. The highest BCUT2D eigenvalue weighted by atomic mass is 35.5. The van der Waals surface area contributed by atoms with Crippen LogP contribution in [0.2, 0.25) is 5.02 Å². The molecule has 1 N–H and O–H groups in total. The van der Waals surface area contributed by atoms with E-state index in [1.807, 2.05) is 0 Å². The molecule has 0 aliphatic heterocycles. The molecule has 0 aromatic carbocycles. The van der Waals surface area contributed by atoms with Gasteiger partial charge in [-0.15, -0.1) is 0 Å². The Morgan fingerprint density at radius 2 is 2.10 bits per heavy atom. The molecule has 0 amide bonds. The van der Waals surface area contributed by atoms with Gasteiger partial charge in [0.05, 0.1) is 25.0 Å². The minimum atomic E-state index is -0.287. The predicted molar refractivity (Wildman–Crippen MR) is 82.5 cm³/mol. The van der Waals surface area contributed by atoms with E-state index in [-0.39, 0.29) is 16.6 Å². The quantitative estimate of drug-likeness (QED) is 0.802. The molecule has 1 atom stereocenters. The molecule has 0 aliphatic carbocycles. The van der Waals surface area contributed by atoms with Crippen LogP contribution in [0.3, 0.4) is 0 Å². The summed E-state index contributed by atoms with van der Waals surface area (Å²) in [7, 11) is 1.58. The number of ether oxygens (including phenoxy) is 1. The zero-order chi connectivity index (χ0) is 15.1. The predicted octanol–water partition coefficient (Wildman–Crippen LogP) is 2.78. The van der Waals surface area contributed by atoms with Crippen LogP contribution < -0.4 is 10.9 Å². The number of nitrogens with one attached hydrogen (secondary N) is 1. The standard InChI is InChI=1S/C14H24ClN3O2/c1-10(2)5-6-11(3)17-12-9-16-18(7-8-20-4)14(19)13(12)15/h9-11,17H,5-8H2,1-4H3. The third-order valence-electron chi connectivity index (χ3n) is 3.07. The van der Waals surface area contributed by atoms with Crippen molar-refractivity contribution in [3.05, 3.63) is 21.6 Å². The molecule has 0 fully saturated rings. The highest BCUT2D eigenvalue weighted by Crippen LogP contribution is 2.18. The first-order valence-electron chi connectivity index (χ1n) is 6.96. The monoisotopic (exact) mass is 301 g/mol. The van der Waals surface area contributed by atoms with Gasteiger partial charge >= 0.3 is 0 Å². The molecule has 0 radical (unpaired) electrons. The van der Waals surface area contributed by atoms with Crippen molar-refractivity contribution in [2.75, 3.05) is 19.0 Å². The van der Waals surface area contributed by atoms with Crippen molar-refractivity contribution in [2.24, 2.45) is 5.92 Å². The molecule has 1 heterocycles. The summed E-state index contributed by atoms with van der Waals surface area (Å²) in [6.07, 6.45) is 3.76. The fraction of sp³-hybridized carbons (Fsp3) is 0.714. The van der Waals surface area contributed by atoms with Crippen LogP contribution in [0.1, 0.15) is 33.6 Å². The summed E-state index contributed by atoms with van der Waals surface area (Å²) in [6.45, 7) is 7.30. The lowest BCUT2D eigenvalue weighted by molar-refractivity contribution is 0.182. The highest BCUT2D eigenvalue weighted by molar-refractivity contribution is 6.32. The molecule has 1 aromatic heterocycles. The molecule has 6 heteroatoms. The van der Waals surface area contributed by atoms with Gasteiger partial charge in [0.15, 0.2) is 0 Å². The van der Waals surface area contributed by atoms with E-state index in [1.54, 1.807) is 13.3 Å². The fourth-order valence-corrected chi connectivity index (χ4v) is 2.02. The van der Waals surface area contributed by atoms with Crippen molar-refractivity contribution >= 4 is 17.3 Å². The fourth-order valence-electron chi connectivity index (χ4n) is 1.82. The van der Waals surface area contributed by atoms with Crippen molar-refractivity contribution in [2.45, 2.75) is 46.2 Å². The zero-order valence-corrected chi connectivity index (χ0v) is 13.4. The second-order valence-electron chi connectivity index (χ2n) is 5.41. The first kappa shape index (κ1) is 17.0. The van der Waals surface area contributed by atoms with Gasteiger partial charge in [0.1, 0.15) is 5.02 Å². The van der Waals surface area contributed by atoms with Gasteiger partial charge in [-0.1, -0.05) is 25.4 Å². The van der Waals surface area contributed by atoms with Crippen LogP contribution in [0.15, 0.2) is 11.0 Å². The molecule has 114 valence electrons. The molecule has 0 saturated carbocycles. The first-order valence-corrected chi connectivity index (χ1v) is 7.34. The van der Waals surface area contributed by atoms with Gasteiger partial charge in [0.2, 0.25) is 0 Å². The van der Waals surface area contributed by atoms with Crippen LogP contribution in [-0.4, -0.2) is 29.5 Å². The Labute approximate surface area is 125 Å². The molecule has 1 aromatic rings. The number of methoxy groups -OCH3 is 1. The Morgan fingerprint density at radius 1 is 1.40 bits per heavy atom. The normalized spacial score (nSPS) is 12.7. The van der Waals surface area contributed by atoms with Crippen LogP contribution in [0, 0.1) is 5.92 Å². The third-order valence-corrected chi connectivity index (χ3v) is 3.44. The van der Waals surface area contributed by atoms with E-state index in [0.717, 1.165) is 12.8 Å². The van der Waals surface area contributed by atoms with Gasteiger partial charge < -0.3 is 10.1 Å². The number of halogens is 1. The smallest absolute Gasteiger partial charge is 0.287 e. The van der Waals surface area contributed by atoms with Gasteiger partial charge in [-0.25, -0.2) is 4.68 Å². The maximum absolute atomic E-state index is 12.0. The average Bonchev–Trinajstić information content (AvgIpc) is 2.41. The van der Waals surface area contributed by atoms with Gasteiger partial charge in [0, 0.05) is 13.2 Å². The number of anilines is 1. The second-order valence-corrected chi connectivity index (χ2v) is 5.79. The number of hydrogen-bond donors (Lipinski definition) is 1. The topological polar surface area (TPSA) is 56.1 Å². The van der Waals surface area contributed by atoms with Gasteiger partial charge in [0.25, 0.3) is 5.56 Å². The molecule has 0 saturated heterocycles. The Bertz CT molecular complexity index is 474. The Balaban J connectivity index is 2.72. The molecular weight excluding hydrogens is 278 g/mol. The molecule has 1 unspecified atom stereocenters. The summed E-state index contributed by atoms with van der Waals surface area (Å²) in [5.41, 5.74) is 0.311. The summed E-state index contributed by atoms with van der Waals surface area (Å²) in [5, 5.41) is 7.54. The highest BCUT2D eigenvalue weighted by Gasteiger charge is 2.11. The zero-order valence-electron chi connectivity index (χ0n) is 12.6. The average molecular weight is 302 g/mol. The van der Waals surface area contributed by atoms with Crippen LogP contribution >= 0.6 is 11.6 Å². The van der Waals surface area contributed by atoms with Crippen molar-refractivity contribution in [1.29, 1.82) is 0 Å². The van der Waals surface area contributed by atoms with Crippen molar-refractivity contribution in [3.63, 3.8) is 0 Å². The number of hydrogen-bond acceptors (Lipinski definition) is 4. The first-order chi connectivity index (χ1) is 9.45. The summed E-state index contributed by atoms with van der Waals surface area (Å²) < 4.78 is 6.25. The van der Waals surface area contributed by atoms with Crippen molar-refractivity contribution in [1.82, 2.24) is 9.78 Å². The minimum Gasteiger partial charge on any atom is -0.383 e. The molecule has 1 rings (SSSR count). The van der Waals surface area contributed by atoms with Crippen LogP contribution in [0.25, 0.3) is 0 Å². The maximum atomic E-state index is 12.0. The molecule has 0 spiro atoms. The molecule has 0 aliphatic rings. The Morgan fingerprint density at radius 3 is 2.70 bits per heavy atom. The lowest BCUT2D eigenvalue weighted by atomic mass is 10.0. The minimum absolute atomic E-state index is 0.188. The number of nitrogens with zero attached hydrogens (tertiary/aromatic N) is 2. The number of aromatic nitrogens is 2. The lowest BCUT2D eigenvalue weighted by Gasteiger charge is -2.17. The molecule has 5 nitrogen and oxygen atoms in total. The van der Waals surface area contributed by atoms with E-state index in [4.69, 9.17) is 16.3 Å². The van der Waals surface area contributed by atoms with Gasteiger partial charge in [-0.05, 0) is 25.7 Å². The Kier molecular flexibility index (Phi) is 7.02. The van der Waals surface area contributed by atoms with E-state index in [9.17, 15) is 4.79 Å². The molecule has 0 bridgehead atoms. The van der Waals surface area contributed by atoms with Gasteiger partial charge in [-0.3, -0.25) is 4.79 Å². The van der Waals surface area contributed by atoms with E-state index in [2.05, 4.69) is 31.2 Å². The SMILES string of the molecule is COCCn1ncc(NC(C)CCC(C)C)c(Cl)c1=O. The summed E-state index contributed by atoms with van der Waals surface area (Å²) in [6, 6.07) is 0.255. The molecular formula is C14H24ClN3O2. The summed E-state index contributed by atoms with van der Waals surface area (Å²) in [4.78, 5) is 12.0.